The second-order valence-corrected chi connectivity index (χ2v) is 6.07. The molecule has 2 aromatic rings. The van der Waals surface area contributed by atoms with E-state index in [4.69, 9.17) is 11.6 Å². The fourth-order valence-electron chi connectivity index (χ4n) is 1.89. The Hall–Kier alpha value is -1.79. The van der Waals surface area contributed by atoms with Gasteiger partial charge in [0.15, 0.2) is 5.16 Å². The minimum absolute atomic E-state index is 0.0642. The van der Waals surface area contributed by atoms with Gasteiger partial charge in [-0.25, -0.2) is 0 Å². The standard InChI is InChI=1S/C15H17ClN4OS/c1-3-7-20-10-17-19-15(20)22-9-14(21)18-11(2)12-5-4-6-13(16)8-12/h3-6,8,10-11H,1,7,9H2,2H3,(H,18,21). The first-order valence-electron chi connectivity index (χ1n) is 6.76. The summed E-state index contributed by atoms with van der Waals surface area (Å²) in [6.45, 7) is 6.22. The van der Waals surface area contributed by atoms with Crippen molar-refractivity contribution in [3.8, 4) is 0 Å². The summed E-state index contributed by atoms with van der Waals surface area (Å²) in [4.78, 5) is 12.0. The average Bonchev–Trinajstić information content (AvgIpc) is 2.93. The van der Waals surface area contributed by atoms with Crippen LogP contribution < -0.4 is 5.32 Å². The van der Waals surface area contributed by atoms with Gasteiger partial charge in [0.2, 0.25) is 5.91 Å². The lowest BCUT2D eigenvalue weighted by Crippen LogP contribution is -2.28. The largest absolute Gasteiger partial charge is 0.349 e. The molecule has 0 spiro atoms. The highest BCUT2D eigenvalue weighted by molar-refractivity contribution is 7.99. The summed E-state index contributed by atoms with van der Waals surface area (Å²) in [5, 5.41) is 12.1. The van der Waals surface area contributed by atoms with E-state index in [1.165, 1.54) is 11.8 Å². The highest BCUT2D eigenvalue weighted by Crippen LogP contribution is 2.18. The molecule has 0 saturated carbocycles. The fraction of sp³-hybridized carbons (Fsp3) is 0.267. The zero-order valence-electron chi connectivity index (χ0n) is 12.2. The van der Waals surface area contributed by atoms with Crippen LogP contribution in [0.1, 0.15) is 18.5 Å². The average molecular weight is 337 g/mol. The van der Waals surface area contributed by atoms with Gasteiger partial charge in [-0.1, -0.05) is 41.6 Å². The number of carbonyl (C=O) groups is 1. The van der Waals surface area contributed by atoms with Gasteiger partial charge in [0.1, 0.15) is 6.33 Å². The van der Waals surface area contributed by atoms with Crippen LogP contribution in [0.15, 0.2) is 48.4 Å². The van der Waals surface area contributed by atoms with E-state index in [2.05, 4.69) is 22.1 Å². The molecule has 0 fully saturated rings. The quantitative estimate of drug-likeness (QED) is 0.623. The zero-order valence-corrected chi connectivity index (χ0v) is 13.8. The van der Waals surface area contributed by atoms with Crippen molar-refractivity contribution in [1.29, 1.82) is 0 Å². The second-order valence-electron chi connectivity index (χ2n) is 4.69. The van der Waals surface area contributed by atoms with E-state index >= 15 is 0 Å². The second kappa shape index (κ2) is 8.00. The molecule has 1 aromatic heterocycles. The van der Waals surface area contributed by atoms with Crippen LogP contribution in [0.5, 0.6) is 0 Å². The van der Waals surface area contributed by atoms with Gasteiger partial charge in [-0.05, 0) is 24.6 Å². The molecule has 1 N–H and O–H groups in total. The number of benzene rings is 1. The van der Waals surface area contributed by atoms with E-state index in [9.17, 15) is 4.79 Å². The molecule has 1 heterocycles. The van der Waals surface area contributed by atoms with Crippen LogP contribution in [0.4, 0.5) is 0 Å². The van der Waals surface area contributed by atoms with Crippen LogP contribution in [-0.4, -0.2) is 26.4 Å². The van der Waals surface area contributed by atoms with Gasteiger partial charge >= 0.3 is 0 Å². The molecule has 0 aliphatic rings. The Morgan fingerprint density at radius 2 is 2.41 bits per heavy atom. The third kappa shape index (κ3) is 4.61. The Balaban J connectivity index is 1.87. The van der Waals surface area contributed by atoms with E-state index < -0.39 is 0 Å². The van der Waals surface area contributed by atoms with Crippen molar-refractivity contribution in [3.63, 3.8) is 0 Å². The van der Waals surface area contributed by atoms with Gasteiger partial charge in [0, 0.05) is 11.6 Å². The SMILES string of the molecule is C=CCn1cnnc1SCC(=O)NC(C)c1cccc(Cl)c1. The Bertz CT molecular complexity index is 658. The first-order chi connectivity index (χ1) is 10.6. The van der Waals surface area contributed by atoms with Gasteiger partial charge in [0.25, 0.3) is 0 Å². The van der Waals surface area contributed by atoms with Crippen LogP contribution in [0, 0.1) is 0 Å². The highest BCUT2D eigenvalue weighted by Gasteiger charge is 2.12. The predicted molar refractivity (Wildman–Crippen MR) is 89.0 cm³/mol. The molecular formula is C15H17ClN4OS. The fourth-order valence-corrected chi connectivity index (χ4v) is 2.83. The maximum Gasteiger partial charge on any atom is 0.230 e. The third-order valence-electron chi connectivity index (χ3n) is 2.96. The van der Waals surface area contributed by atoms with Crippen molar-refractivity contribution in [3.05, 3.63) is 53.8 Å². The summed E-state index contributed by atoms with van der Waals surface area (Å²) in [5.41, 5.74) is 0.973. The summed E-state index contributed by atoms with van der Waals surface area (Å²) < 4.78 is 1.84. The predicted octanol–water partition coefficient (Wildman–Crippen LogP) is 3.09. The maximum absolute atomic E-state index is 12.0. The lowest BCUT2D eigenvalue weighted by Gasteiger charge is -2.14. The number of rotatable bonds is 7. The number of nitrogens with one attached hydrogen (secondary N) is 1. The summed E-state index contributed by atoms with van der Waals surface area (Å²) >= 11 is 7.30. The van der Waals surface area contributed by atoms with E-state index in [0.29, 0.717) is 16.7 Å². The zero-order chi connectivity index (χ0) is 15.9. The lowest BCUT2D eigenvalue weighted by atomic mass is 10.1. The minimum Gasteiger partial charge on any atom is -0.349 e. The van der Waals surface area contributed by atoms with E-state index in [1.807, 2.05) is 35.8 Å². The molecule has 1 unspecified atom stereocenters. The van der Waals surface area contributed by atoms with Crippen molar-refractivity contribution in [2.24, 2.45) is 0 Å². The lowest BCUT2D eigenvalue weighted by molar-refractivity contribution is -0.119. The Morgan fingerprint density at radius 3 is 3.14 bits per heavy atom. The number of carbonyl (C=O) groups excluding carboxylic acids is 1. The first-order valence-corrected chi connectivity index (χ1v) is 8.13. The molecule has 1 atom stereocenters. The van der Waals surface area contributed by atoms with Crippen LogP contribution in [0.3, 0.4) is 0 Å². The van der Waals surface area contributed by atoms with Crippen molar-refractivity contribution >= 4 is 29.3 Å². The molecule has 1 amide bonds. The molecule has 22 heavy (non-hydrogen) atoms. The molecule has 116 valence electrons. The molecule has 7 heteroatoms. The molecule has 0 saturated heterocycles. The maximum atomic E-state index is 12.0. The van der Waals surface area contributed by atoms with Crippen LogP contribution in [0.2, 0.25) is 5.02 Å². The summed E-state index contributed by atoms with van der Waals surface area (Å²) in [5.74, 6) is 0.214. The number of halogens is 1. The molecule has 0 bridgehead atoms. The molecule has 5 nitrogen and oxygen atoms in total. The number of amides is 1. The van der Waals surface area contributed by atoms with Gasteiger partial charge in [-0.2, -0.15) is 0 Å². The van der Waals surface area contributed by atoms with Crippen LogP contribution in [-0.2, 0) is 11.3 Å². The summed E-state index contributed by atoms with van der Waals surface area (Å²) in [7, 11) is 0. The van der Waals surface area contributed by atoms with Crippen molar-refractivity contribution in [2.45, 2.75) is 24.7 Å². The molecule has 0 aliphatic carbocycles. The Kier molecular flexibility index (Phi) is 6.03. The molecule has 1 aromatic carbocycles. The van der Waals surface area contributed by atoms with Gasteiger partial charge in [-0.15, -0.1) is 16.8 Å². The van der Waals surface area contributed by atoms with Gasteiger partial charge in [0.05, 0.1) is 11.8 Å². The van der Waals surface area contributed by atoms with E-state index in [0.717, 1.165) is 5.56 Å². The van der Waals surface area contributed by atoms with Crippen LogP contribution in [0.25, 0.3) is 0 Å². The van der Waals surface area contributed by atoms with Crippen molar-refractivity contribution in [2.75, 3.05) is 5.75 Å². The monoisotopic (exact) mass is 336 g/mol. The Labute approximate surface area is 138 Å². The smallest absolute Gasteiger partial charge is 0.230 e. The van der Waals surface area contributed by atoms with E-state index in [1.54, 1.807) is 12.4 Å². The van der Waals surface area contributed by atoms with Crippen molar-refractivity contribution in [1.82, 2.24) is 20.1 Å². The number of hydrogen-bond donors (Lipinski definition) is 1. The molecule has 0 aliphatic heterocycles. The molecule has 2 rings (SSSR count). The Morgan fingerprint density at radius 1 is 1.59 bits per heavy atom. The normalized spacial score (nSPS) is 11.9. The van der Waals surface area contributed by atoms with Crippen molar-refractivity contribution < 1.29 is 4.79 Å². The van der Waals surface area contributed by atoms with E-state index in [-0.39, 0.29) is 17.7 Å². The number of nitrogens with zero attached hydrogens (tertiary/aromatic N) is 3. The summed E-state index contributed by atoms with van der Waals surface area (Å²) in [6, 6.07) is 7.36. The molecule has 0 radical (unpaired) electrons. The highest BCUT2D eigenvalue weighted by atomic mass is 35.5. The topological polar surface area (TPSA) is 59.8 Å². The third-order valence-corrected chi connectivity index (χ3v) is 4.18. The number of hydrogen-bond acceptors (Lipinski definition) is 4. The number of aromatic nitrogens is 3. The van der Waals surface area contributed by atoms with Gasteiger partial charge < -0.3 is 9.88 Å². The van der Waals surface area contributed by atoms with Crippen LogP contribution >= 0.6 is 23.4 Å². The summed E-state index contributed by atoms with van der Waals surface area (Å²) in [6.07, 6.45) is 3.38. The molecular weight excluding hydrogens is 320 g/mol. The number of allylic oxidation sites excluding steroid dienone is 1. The number of thioether (sulfide) groups is 1. The minimum atomic E-state index is -0.0992. The first kappa shape index (κ1) is 16.6. The van der Waals surface area contributed by atoms with Gasteiger partial charge in [-0.3, -0.25) is 4.79 Å².